The molecule has 2 unspecified atom stereocenters. The van der Waals surface area contributed by atoms with Crippen molar-refractivity contribution in [2.45, 2.75) is 51.1 Å². The number of hydrogen-bond acceptors (Lipinski definition) is 5. The fraction of sp³-hybridized carbons (Fsp3) is 0.562. The molecule has 1 saturated heterocycles. The minimum atomic E-state index is -0.100. The van der Waals surface area contributed by atoms with Gasteiger partial charge in [0.2, 0.25) is 5.89 Å². The van der Waals surface area contributed by atoms with Crippen molar-refractivity contribution in [1.82, 2.24) is 20.4 Å². The van der Waals surface area contributed by atoms with Crippen LogP contribution >= 0.6 is 22.9 Å². The number of urea groups is 1. The van der Waals surface area contributed by atoms with Gasteiger partial charge >= 0.3 is 6.03 Å². The van der Waals surface area contributed by atoms with Gasteiger partial charge in [-0.2, -0.15) is 4.98 Å². The van der Waals surface area contributed by atoms with Gasteiger partial charge in [0, 0.05) is 18.3 Å². The van der Waals surface area contributed by atoms with Crippen molar-refractivity contribution in [2.75, 3.05) is 6.54 Å². The van der Waals surface area contributed by atoms with Crippen molar-refractivity contribution in [2.24, 2.45) is 0 Å². The fourth-order valence-corrected chi connectivity index (χ4v) is 5.02. The van der Waals surface area contributed by atoms with Gasteiger partial charge in [0.05, 0.1) is 16.4 Å². The van der Waals surface area contributed by atoms with Gasteiger partial charge in [-0.15, -0.1) is 11.3 Å². The third kappa shape index (κ3) is 2.91. The lowest BCUT2D eigenvalue weighted by molar-refractivity contribution is 0.184. The van der Waals surface area contributed by atoms with Crippen LogP contribution in [0.5, 0.6) is 0 Å². The molecule has 6 nitrogen and oxygen atoms in total. The number of carbonyl (C=O) groups excluding carboxylic acids is 1. The number of likely N-dealkylation sites (tertiary alicyclic amines) is 1. The summed E-state index contributed by atoms with van der Waals surface area (Å²) in [5, 5.41) is 7.18. The van der Waals surface area contributed by atoms with Gasteiger partial charge in [-0.3, -0.25) is 0 Å². The van der Waals surface area contributed by atoms with E-state index in [4.69, 9.17) is 16.1 Å². The van der Waals surface area contributed by atoms with Crippen LogP contribution in [0.1, 0.15) is 59.9 Å². The van der Waals surface area contributed by atoms with E-state index in [0.29, 0.717) is 18.3 Å². The summed E-state index contributed by atoms with van der Waals surface area (Å²) in [5.74, 6) is 1.13. The van der Waals surface area contributed by atoms with Crippen LogP contribution in [0.4, 0.5) is 4.79 Å². The molecule has 1 aliphatic heterocycles. The van der Waals surface area contributed by atoms with E-state index in [1.54, 1.807) is 18.3 Å². The van der Waals surface area contributed by atoms with E-state index in [1.165, 1.54) is 10.4 Å². The maximum absolute atomic E-state index is 12.8. The first kappa shape index (κ1) is 15.9. The van der Waals surface area contributed by atoms with E-state index in [0.717, 1.165) is 36.4 Å². The Bertz CT molecular complexity index is 759. The Morgan fingerprint density at radius 1 is 1.46 bits per heavy atom. The van der Waals surface area contributed by atoms with Crippen molar-refractivity contribution in [3.8, 4) is 0 Å². The molecule has 0 saturated carbocycles. The van der Waals surface area contributed by atoms with Crippen LogP contribution in [0.3, 0.4) is 0 Å². The predicted octanol–water partition coefficient (Wildman–Crippen LogP) is 4.02. The average Bonchev–Trinajstić information content (AvgIpc) is 3.25. The zero-order valence-corrected chi connectivity index (χ0v) is 15.0. The molecule has 4 rings (SSSR count). The molecule has 0 radical (unpaired) electrons. The maximum atomic E-state index is 12.8. The number of carbonyl (C=O) groups is 1. The first-order valence-corrected chi connectivity index (χ1v) is 9.46. The summed E-state index contributed by atoms with van der Waals surface area (Å²) in [5.41, 5.74) is 1.18. The second kappa shape index (κ2) is 6.37. The van der Waals surface area contributed by atoms with Crippen LogP contribution in [0.25, 0.3) is 0 Å². The molecule has 1 N–H and O–H groups in total. The Labute approximate surface area is 149 Å². The molecule has 8 heteroatoms. The lowest BCUT2D eigenvalue weighted by Gasteiger charge is -2.28. The normalized spacial score (nSPS) is 23.3. The lowest BCUT2D eigenvalue weighted by Crippen LogP contribution is -2.42. The summed E-state index contributed by atoms with van der Waals surface area (Å²) in [4.78, 5) is 20.2. The van der Waals surface area contributed by atoms with E-state index < -0.39 is 0 Å². The first-order valence-electron chi connectivity index (χ1n) is 8.27. The average molecular weight is 367 g/mol. The number of hydrogen-bond donors (Lipinski definition) is 1. The zero-order chi connectivity index (χ0) is 16.7. The highest BCUT2D eigenvalue weighted by atomic mass is 35.5. The number of aryl methyl sites for hydroxylation is 2. The Balaban J connectivity index is 1.50. The van der Waals surface area contributed by atoms with Gasteiger partial charge in [0.25, 0.3) is 0 Å². The molecule has 2 amide bonds. The highest BCUT2D eigenvalue weighted by Crippen LogP contribution is 2.38. The number of halogens is 1. The van der Waals surface area contributed by atoms with E-state index in [2.05, 4.69) is 15.5 Å². The maximum Gasteiger partial charge on any atom is 0.318 e. The van der Waals surface area contributed by atoms with E-state index in [1.807, 2.05) is 11.0 Å². The molecular weight excluding hydrogens is 348 g/mol. The van der Waals surface area contributed by atoms with E-state index in [-0.39, 0.29) is 18.1 Å². The van der Waals surface area contributed by atoms with Crippen molar-refractivity contribution in [1.29, 1.82) is 0 Å². The topological polar surface area (TPSA) is 71.3 Å². The fourth-order valence-electron chi connectivity index (χ4n) is 3.63. The van der Waals surface area contributed by atoms with E-state index in [9.17, 15) is 4.79 Å². The molecule has 0 spiro atoms. The molecule has 3 heterocycles. The summed E-state index contributed by atoms with van der Waals surface area (Å²) >= 11 is 7.78. The van der Waals surface area contributed by atoms with Crippen molar-refractivity contribution >= 4 is 29.0 Å². The molecule has 1 fully saturated rings. The van der Waals surface area contributed by atoms with Crippen molar-refractivity contribution in [3.63, 3.8) is 0 Å². The summed E-state index contributed by atoms with van der Waals surface area (Å²) in [7, 11) is 0. The molecule has 1 aliphatic carbocycles. The number of nitrogens with one attached hydrogen (secondary N) is 1. The smallest absolute Gasteiger partial charge is 0.318 e. The third-order valence-corrected chi connectivity index (χ3v) is 6.08. The molecule has 128 valence electrons. The van der Waals surface area contributed by atoms with Crippen LogP contribution < -0.4 is 5.32 Å². The minimum Gasteiger partial charge on any atom is -0.340 e. The molecule has 0 bridgehead atoms. The van der Waals surface area contributed by atoms with Gasteiger partial charge in [0.1, 0.15) is 0 Å². The predicted molar refractivity (Wildman–Crippen MR) is 91.3 cm³/mol. The number of fused-ring (bicyclic) bond motifs is 1. The number of nitrogens with zero attached hydrogens (tertiary/aromatic N) is 3. The largest absolute Gasteiger partial charge is 0.340 e. The van der Waals surface area contributed by atoms with E-state index >= 15 is 0 Å². The summed E-state index contributed by atoms with van der Waals surface area (Å²) in [6, 6.07) is 1.88. The number of rotatable bonds is 2. The van der Waals surface area contributed by atoms with Gasteiger partial charge in [-0.1, -0.05) is 16.8 Å². The second-order valence-corrected chi connectivity index (χ2v) is 8.11. The van der Waals surface area contributed by atoms with Gasteiger partial charge in [0.15, 0.2) is 5.82 Å². The first-order chi connectivity index (χ1) is 11.6. The molecule has 2 aromatic heterocycles. The third-order valence-electron chi connectivity index (χ3n) is 4.74. The van der Waals surface area contributed by atoms with Crippen molar-refractivity contribution < 1.29 is 9.32 Å². The highest BCUT2D eigenvalue weighted by molar-refractivity contribution is 7.16. The second-order valence-electron chi connectivity index (χ2n) is 6.35. The van der Waals surface area contributed by atoms with Crippen LogP contribution in [-0.4, -0.2) is 27.6 Å². The Morgan fingerprint density at radius 3 is 3.12 bits per heavy atom. The number of amides is 2. The Hall–Kier alpha value is -1.60. The van der Waals surface area contributed by atoms with Gasteiger partial charge in [-0.05, 0) is 43.7 Å². The van der Waals surface area contributed by atoms with Crippen molar-refractivity contribution in [3.05, 3.63) is 32.6 Å². The summed E-state index contributed by atoms with van der Waals surface area (Å²) in [6.45, 7) is 2.48. The van der Waals surface area contributed by atoms with Crippen LogP contribution in [0.15, 0.2) is 10.6 Å². The number of aromatic nitrogens is 2. The van der Waals surface area contributed by atoms with Crippen LogP contribution in [0, 0.1) is 6.92 Å². The molecule has 2 atom stereocenters. The van der Waals surface area contributed by atoms with Gasteiger partial charge in [-0.25, -0.2) is 4.79 Å². The van der Waals surface area contributed by atoms with Crippen LogP contribution in [-0.2, 0) is 6.42 Å². The minimum absolute atomic E-state index is 0.0401. The Morgan fingerprint density at radius 2 is 2.33 bits per heavy atom. The monoisotopic (exact) mass is 366 g/mol. The molecular formula is C16H19ClN4O2S. The SMILES string of the molecule is Cc1nc(C2CCCN2C(=O)NC2CCCc3sc(Cl)cc32)no1. The lowest BCUT2D eigenvalue weighted by atomic mass is 9.94. The summed E-state index contributed by atoms with van der Waals surface area (Å²) < 4.78 is 5.87. The van der Waals surface area contributed by atoms with Gasteiger partial charge < -0.3 is 14.7 Å². The standard InChI is InChI=1S/C16H19ClN4O2S/c1-9-18-15(20-23-9)12-5-3-7-21(12)16(22)19-11-4-2-6-13-10(11)8-14(17)24-13/h8,11-12H,2-7H2,1H3,(H,19,22). The molecule has 2 aromatic rings. The highest BCUT2D eigenvalue weighted by Gasteiger charge is 2.35. The molecule has 0 aromatic carbocycles. The Kier molecular flexibility index (Phi) is 4.22. The number of thiophene rings is 1. The zero-order valence-electron chi connectivity index (χ0n) is 13.4. The molecule has 24 heavy (non-hydrogen) atoms. The quantitative estimate of drug-likeness (QED) is 0.871. The summed E-state index contributed by atoms with van der Waals surface area (Å²) in [6.07, 6.45) is 4.89. The van der Waals surface area contributed by atoms with Crippen LogP contribution in [0.2, 0.25) is 4.34 Å². The molecule has 2 aliphatic rings.